The van der Waals surface area contributed by atoms with Crippen LogP contribution in [0.25, 0.3) is 0 Å². The Kier molecular flexibility index (Phi) is 9.89. The fourth-order valence-corrected chi connectivity index (χ4v) is 3.44. The molecule has 5 nitrogen and oxygen atoms in total. The van der Waals surface area contributed by atoms with E-state index in [9.17, 15) is 15.2 Å². The molecule has 1 N–H and O–H groups in total. The molecule has 8 heteroatoms. The number of phenolic OH excluding ortho intramolecular Hbond substituents is 1. The van der Waals surface area contributed by atoms with Gasteiger partial charge in [-0.25, -0.2) is 0 Å². The van der Waals surface area contributed by atoms with E-state index in [4.69, 9.17) is 17.0 Å². The SMILES string of the molecule is CCN=Cc1cc([N+](=O)[O-])cc(C(C)(c2ccccc2)c2ccccc2)c1O.[Cl][Zr][Cl]. The van der Waals surface area contributed by atoms with Gasteiger partial charge in [-0.15, -0.1) is 0 Å². The summed E-state index contributed by atoms with van der Waals surface area (Å²) in [4.78, 5) is 15.3. The van der Waals surface area contributed by atoms with Crippen molar-refractivity contribution in [2.24, 2.45) is 4.99 Å². The van der Waals surface area contributed by atoms with Crippen LogP contribution in [0, 0.1) is 10.1 Å². The minimum atomic E-state index is -0.826. The Morgan fingerprint density at radius 2 is 1.55 bits per heavy atom. The number of nitrogens with zero attached hydrogens (tertiary/aromatic N) is 2. The zero-order chi connectivity index (χ0) is 22.9. The van der Waals surface area contributed by atoms with Gasteiger partial charge in [-0.3, -0.25) is 15.1 Å². The first kappa shape index (κ1) is 25.3. The molecular formula is C23H22Cl2N2O3Zr. The Balaban J connectivity index is 0.00000107. The summed E-state index contributed by atoms with van der Waals surface area (Å²) in [5.74, 6) is -0.00185. The molecule has 31 heavy (non-hydrogen) atoms. The van der Waals surface area contributed by atoms with Gasteiger partial charge in [0, 0.05) is 41.4 Å². The molecule has 0 bridgehead atoms. The molecule has 0 radical (unpaired) electrons. The number of nitro groups is 1. The second-order valence-corrected chi connectivity index (χ2v) is 10.5. The molecule has 0 unspecified atom stereocenters. The van der Waals surface area contributed by atoms with Gasteiger partial charge in [0.25, 0.3) is 5.69 Å². The van der Waals surface area contributed by atoms with Crippen LogP contribution in [0.4, 0.5) is 5.69 Å². The van der Waals surface area contributed by atoms with Gasteiger partial charge in [0.05, 0.1) is 4.92 Å². The molecule has 0 saturated heterocycles. The summed E-state index contributed by atoms with van der Waals surface area (Å²) < 4.78 is 0. The number of non-ortho nitro benzene ring substituents is 1. The summed E-state index contributed by atoms with van der Waals surface area (Å²) in [6.07, 6.45) is 1.49. The Hall–Kier alpha value is -2.01. The molecule has 3 aromatic carbocycles. The predicted octanol–water partition coefficient (Wildman–Crippen LogP) is 6.47. The van der Waals surface area contributed by atoms with Crippen molar-refractivity contribution in [3.63, 3.8) is 0 Å². The molecular weight excluding hydrogens is 514 g/mol. The van der Waals surface area contributed by atoms with Gasteiger partial charge < -0.3 is 5.11 Å². The van der Waals surface area contributed by atoms with Gasteiger partial charge in [-0.1, -0.05) is 60.7 Å². The van der Waals surface area contributed by atoms with Crippen LogP contribution in [0.5, 0.6) is 5.75 Å². The molecule has 0 aliphatic heterocycles. The Bertz CT molecular complexity index is 992. The van der Waals surface area contributed by atoms with Crippen LogP contribution in [-0.2, 0) is 26.3 Å². The number of benzene rings is 3. The number of hydrogen-bond acceptors (Lipinski definition) is 4. The zero-order valence-corrected chi connectivity index (χ0v) is 21.1. The van der Waals surface area contributed by atoms with E-state index in [0.717, 1.165) is 11.1 Å². The Morgan fingerprint density at radius 3 is 1.97 bits per heavy atom. The number of aromatic hydroxyl groups is 1. The van der Waals surface area contributed by atoms with Crippen molar-refractivity contribution in [3.05, 3.63) is 105 Å². The summed E-state index contributed by atoms with van der Waals surface area (Å²) in [6.45, 7) is 4.35. The molecule has 3 aromatic rings. The van der Waals surface area contributed by atoms with Crippen molar-refractivity contribution in [3.8, 4) is 5.75 Å². The van der Waals surface area contributed by atoms with Crippen LogP contribution in [0.1, 0.15) is 36.1 Å². The number of nitro benzene ring substituents is 1. The third-order valence-corrected chi connectivity index (χ3v) is 4.99. The molecule has 0 fully saturated rings. The second kappa shape index (κ2) is 12.1. The third kappa shape index (κ3) is 6.03. The van der Waals surface area contributed by atoms with Gasteiger partial charge in [0.1, 0.15) is 5.75 Å². The van der Waals surface area contributed by atoms with E-state index in [0.29, 0.717) is 17.7 Å². The molecule has 0 amide bonds. The number of phenols is 1. The normalized spacial score (nSPS) is 11.0. The molecule has 0 atom stereocenters. The summed E-state index contributed by atoms with van der Waals surface area (Å²) in [7, 11) is 9.87. The van der Waals surface area contributed by atoms with Crippen molar-refractivity contribution in [1.82, 2.24) is 0 Å². The van der Waals surface area contributed by atoms with Crippen molar-refractivity contribution >= 4 is 28.9 Å². The average Bonchev–Trinajstić information content (AvgIpc) is 2.79. The summed E-state index contributed by atoms with van der Waals surface area (Å²) in [5, 5.41) is 22.6. The Labute approximate surface area is 200 Å². The van der Waals surface area contributed by atoms with E-state index < -0.39 is 31.2 Å². The van der Waals surface area contributed by atoms with Gasteiger partial charge in [0.15, 0.2) is 0 Å². The quantitative estimate of drug-likeness (QED) is 0.170. The van der Waals surface area contributed by atoms with E-state index in [1.54, 1.807) is 0 Å². The molecule has 0 spiro atoms. The summed E-state index contributed by atoms with van der Waals surface area (Å²) in [5.41, 5.74) is 1.79. The first-order valence-electron chi connectivity index (χ1n) is 9.49. The summed E-state index contributed by atoms with van der Waals surface area (Å²) in [6, 6.07) is 22.2. The molecule has 160 valence electrons. The summed E-state index contributed by atoms with van der Waals surface area (Å²) >= 11 is -0.826. The monoisotopic (exact) mass is 534 g/mol. The van der Waals surface area contributed by atoms with E-state index in [1.165, 1.54) is 18.3 Å². The average molecular weight is 537 g/mol. The van der Waals surface area contributed by atoms with E-state index in [-0.39, 0.29) is 11.4 Å². The molecule has 0 aliphatic carbocycles. The van der Waals surface area contributed by atoms with E-state index in [2.05, 4.69) is 4.99 Å². The Morgan fingerprint density at radius 1 is 1.06 bits per heavy atom. The van der Waals surface area contributed by atoms with Gasteiger partial charge in [-0.05, 0) is 25.0 Å². The molecule has 0 aliphatic rings. The number of rotatable bonds is 6. The maximum absolute atomic E-state index is 11.6. The van der Waals surface area contributed by atoms with Crippen molar-refractivity contribution in [2.75, 3.05) is 6.54 Å². The zero-order valence-electron chi connectivity index (χ0n) is 17.1. The van der Waals surface area contributed by atoms with Crippen LogP contribution in [0.15, 0.2) is 77.8 Å². The number of hydrogen-bond donors (Lipinski definition) is 1. The maximum atomic E-state index is 11.6. The van der Waals surface area contributed by atoms with Gasteiger partial charge in [-0.2, -0.15) is 0 Å². The van der Waals surface area contributed by atoms with Crippen LogP contribution in [0.3, 0.4) is 0 Å². The second-order valence-electron chi connectivity index (χ2n) is 6.74. The van der Waals surface area contributed by atoms with Gasteiger partial charge in [0.2, 0.25) is 0 Å². The van der Waals surface area contributed by atoms with Crippen molar-refractivity contribution in [2.45, 2.75) is 19.3 Å². The van der Waals surface area contributed by atoms with Crippen LogP contribution in [-0.4, -0.2) is 22.8 Å². The number of aliphatic imine (C=N–C) groups is 1. The topological polar surface area (TPSA) is 75.7 Å². The fraction of sp³-hybridized carbons (Fsp3) is 0.174. The third-order valence-electron chi connectivity index (χ3n) is 4.99. The number of halogens is 2. The van der Waals surface area contributed by atoms with Crippen molar-refractivity contribution in [1.29, 1.82) is 0 Å². The van der Waals surface area contributed by atoms with Crippen LogP contribution >= 0.6 is 17.0 Å². The van der Waals surface area contributed by atoms with E-state index >= 15 is 0 Å². The fourth-order valence-electron chi connectivity index (χ4n) is 3.44. The minimum absolute atomic E-state index is 0.00185. The first-order valence-corrected chi connectivity index (χ1v) is 15.8. The molecule has 0 aromatic heterocycles. The van der Waals surface area contributed by atoms with Crippen LogP contribution in [0.2, 0.25) is 0 Å². The van der Waals surface area contributed by atoms with Gasteiger partial charge >= 0.3 is 37.9 Å². The standard InChI is InChI=1S/C23H22N2O3.2ClH.Zr/c1-3-24-16-17-14-20(25(27)28)15-21(22(17)26)23(2,18-10-6-4-7-11-18)19-12-8-5-9-13-19;;;/h4-16,26H,3H2,1-2H3;2*1H;/q;;;+2/p-2. The van der Waals surface area contributed by atoms with Crippen molar-refractivity contribution < 1.29 is 30.9 Å². The van der Waals surface area contributed by atoms with Crippen LogP contribution < -0.4 is 0 Å². The first-order chi connectivity index (χ1) is 14.9. The molecule has 0 saturated carbocycles. The molecule has 3 rings (SSSR count). The van der Waals surface area contributed by atoms with E-state index in [1.807, 2.05) is 74.5 Å². The predicted molar refractivity (Wildman–Crippen MR) is 123 cm³/mol. The molecule has 0 heterocycles.